The van der Waals surface area contributed by atoms with Crippen LogP contribution in [0.1, 0.15) is 67.1 Å². The number of pyridine rings is 2. The Morgan fingerprint density at radius 3 is 1.04 bits per heavy atom. The highest BCUT2D eigenvalue weighted by atomic mass is 14.7. The molecule has 57 heavy (non-hydrogen) atoms. The lowest BCUT2D eigenvalue weighted by Crippen LogP contribution is -2.44. The Morgan fingerprint density at radius 2 is 0.684 bits per heavy atom. The standard InChI is InChI=1S/C55H38N2/c1-5-18-40(19-6-1)54(41-20-7-2-8-21-41)46-32-30-38(50-28-13-15-34-56-50)36-44(46)52-45-37-39(51-29-14-16-35-57-51)31-33-47(45)55(42-22-9-3-10-23-42,43-24-11-4-12-25-43)49-27-17-26-48(54)53(49)52/h1-37,52H. The average molecular weight is 727 g/mol. The third-order valence-electron chi connectivity index (χ3n) is 12.5. The van der Waals surface area contributed by atoms with Crippen LogP contribution in [0.5, 0.6) is 0 Å². The summed E-state index contributed by atoms with van der Waals surface area (Å²) >= 11 is 0. The zero-order valence-corrected chi connectivity index (χ0v) is 31.3. The smallest absolute Gasteiger partial charge is 0.0707 e. The van der Waals surface area contributed by atoms with Gasteiger partial charge in [-0.25, -0.2) is 0 Å². The van der Waals surface area contributed by atoms with Gasteiger partial charge in [-0.2, -0.15) is 0 Å². The molecule has 0 fully saturated rings. The summed E-state index contributed by atoms with van der Waals surface area (Å²) in [7, 11) is 0. The van der Waals surface area contributed by atoms with Crippen molar-refractivity contribution < 1.29 is 0 Å². The molecule has 0 atom stereocenters. The van der Waals surface area contributed by atoms with Crippen LogP contribution in [0.4, 0.5) is 0 Å². The van der Waals surface area contributed by atoms with Crippen molar-refractivity contribution in [3.63, 3.8) is 0 Å². The lowest BCUT2D eigenvalue weighted by Gasteiger charge is -2.52. The van der Waals surface area contributed by atoms with E-state index in [4.69, 9.17) is 9.97 Å². The van der Waals surface area contributed by atoms with Crippen molar-refractivity contribution in [1.82, 2.24) is 9.97 Å². The molecule has 2 heterocycles. The molecule has 268 valence electrons. The fraction of sp³-hybridized carbons (Fsp3) is 0.0545. The van der Waals surface area contributed by atoms with E-state index >= 15 is 0 Å². The topological polar surface area (TPSA) is 25.8 Å². The minimum atomic E-state index is -0.614. The van der Waals surface area contributed by atoms with Gasteiger partial charge in [-0.05, 0) is 97.6 Å². The first-order valence-corrected chi connectivity index (χ1v) is 19.8. The van der Waals surface area contributed by atoms with Gasteiger partial charge >= 0.3 is 0 Å². The Labute approximate surface area is 333 Å². The number of rotatable bonds is 6. The third kappa shape index (κ3) is 4.84. The maximum atomic E-state index is 4.87. The molecule has 2 aliphatic carbocycles. The number of hydrogen-bond acceptors (Lipinski definition) is 2. The van der Waals surface area contributed by atoms with Gasteiger partial charge in [0.05, 0.1) is 22.2 Å². The van der Waals surface area contributed by atoms with Crippen LogP contribution in [0.2, 0.25) is 0 Å². The number of benzene rings is 7. The highest BCUT2D eigenvalue weighted by Gasteiger charge is 2.54. The van der Waals surface area contributed by atoms with Gasteiger partial charge in [0, 0.05) is 29.4 Å². The van der Waals surface area contributed by atoms with Gasteiger partial charge in [0.25, 0.3) is 0 Å². The van der Waals surface area contributed by atoms with Gasteiger partial charge in [-0.3, -0.25) is 9.97 Å². The van der Waals surface area contributed by atoms with Crippen LogP contribution in [0, 0.1) is 0 Å². The van der Waals surface area contributed by atoms with Crippen LogP contribution in [0.25, 0.3) is 22.5 Å². The molecular weight excluding hydrogens is 689 g/mol. The lowest BCUT2D eigenvalue weighted by molar-refractivity contribution is 0.623. The predicted octanol–water partition coefficient (Wildman–Crippen LogP) is 12.4. The Morgan fingerprint density at radius 1 is 0.316 bits per heavy atom. The first-order valence-electron chi connectivity index (χ1n) is 19.8. The molecule has 2 aliphatic rings. The molecule has 0 radical (unpaired) electrons. The molecule has 2 nitrogen and oxygen atoms in total. The quantitative estimate of drug-likeness (QED) is 0.170. The highest BCUT2D eigenvalue weighted by Crippen LogP contribution is 2.63. The van der Waals surface area contributed by atoms with Gasteiger partial charge in [-0.15, -0.1) is 0 Å². The van der Waals surface area contributed by atoms with E-state index in [1.165, 1.54) is 61.2 Å². The molecular formula is C55H38N2. The summed E-state index contributed by atoms with van der Waals surface area (Å²) in [6.45, 7) is 0. The molecule has 2 aromatic heterocycles. The van der Waals surface area contributed by atoms with E-state index in [1.807, 2.05) is 24.5 Å². The Bertz CT molecular complexity index is 2600. The Balaban J connectivity index is 1.36. The van der Waals surface area contributed by atoms with Crippen LogP contribution in [-0.2, 0) is 10.8 Å². The van der Waals surface area contributed by atoms with Gasteiger partial charge < -0.3 is 0 Å². The van der Waals surface area contributed by atoms with Crippen LogP contribution in [0.3, 0.4) is 0 Å². The SMILES string of the molecule is c1ccc(C2(c3ccccc3)c3ccc(-c4ccccn4)cc3C3c4cc(-c5ccccn5)ccc4C(c4ccccc4)(c4ccccc4)c4cccc2c43)cc1. The maximum absolute atomic E-state index is 4.87. The first-order chi connectivity index (χ1) is 28.3. The van der Waals surface area contributed by atoms with E-state index in [0.29, 0.717) is 0 Å². The summed E-state index contributed by atoms with van der Waals surface area (Å²) in [6.07, 6.45) is 3.78. The molecule has 0 N–H and O–H groups in total. The van der Waals surface area contributed by atoms with Crippen molar-refractivity contribution in [3.8, 4) is 22.5 Å². The molecule has 0 spiro atoms. The molecule has 0 aliphatic heterocycles. The summed E-state index contributed by atoms with van der Waals surface area (Å²) < 4.78 is 0. The first kappa shape index (κ1) is 33.2. The summed E-state index contributed by atoms with van der Waals surface area (Å²) in [5, 5.41) is 0. The fourth-order valence-electron chi connectivity index (χ4n) is 10.3. The molecule has 2 heteroatoms. The van der Waals surface area contributed by atoms with Gasteiger partial charge in [0.1, 0.15) is 0 Å². The van der Waals surface area contributed by atoms with Gasteiger partial charge in [0.2, 0.25) is 0 Å². The van der Waals surface area contributed by atoms with E-state index in [9.17, 15) is 0 Å². The van der Waals surface area contributed by atoms with Crippen molar-refractivity contribution in [3.05, 3.63) is 286 Å². The van der Waals surface area contributed by atoms with Crippen LogP contribution in [-0.4, -0.2) is 9.97 Å². The maximum Gasteiger partial charge on any atom is 0.0707 e. The van der Waals surface area contributed by atoms with E-state index < -0.39 is 10.8 Å². The summed E-state index contributed by atoms with van der Waals surface area (Å²) in [4.78, 5) is 9.74. The fourth-order valence-corrected chi connectivity index (χ4v) is 10.3. The predicted molar refractivity (Wildman–Crippen MR) is 230 cm³/mol. The van der Waals surface area contributed by atoms with E-state index in [2.05, 4.69) is 200 Å². The molecule has 7 aromatic carbocycles. The second-order valence-electron chi connectivity index (χ2n) is 15.2. The number of aromatic nitrogens is 2. The molecule has 0 unspecified atom stereocenters. The molecule has 9 aromatic rings. The molecule has 0 amide bonds. The monoisotopic (exact) mass is 726 g/mol. The van der Waals surface area contributed by atoms with Crippen LogP contribution in [0.15, 0.2) is 225 Å². The van der Waals surface area contributed by atoms with E-state index in [1.54, 1.807) is 0 Å². The number of fused-ring (bicyclic) bond motifs is 4. The largest absolute Gasteiger partial charge is 0.256 e. The second-order valence-corrected chi connectivity index (χ2v) is 15.2. The van der Waals surface area contributed by atoms with Crippen LogP contribution >= 0.6 is 0 Å². The van der Waals surface area contributed by atoms with E-state index in [-0.39, 0.29) is 5.92 Å². The van der Waals surface area contributed by atoms with Crippen molar-refractivity contribution in [2.24, 2.45) is 0 Å². The van der Waals surface area contributed by atoms with Crippen molar-refractivity contribution in [2.45, 2.75) is 16.7 Å². The van der Waals surface area contributed by atoms with Crippen molar-refractivity contribution >= 4 is 0 Å². The highest BCUT2D eigenvalue weighted by molar-refractivity contribution is 5.81. The lowest BCUT2D eigenvalue weighted by atomic mass is 9.50. The van der Waals surface area contributed by atoms with Crippen LogP contribution < -0.4 is 0 Å². The molecule has 0 saturated carbocycles. The van der Waals surface area contributed by atoms with Crippen molar-refractivity contribution in [1.29, 1.82) is 0 Å². The van der Waals surface area contributed by atoms with Crippen molar-refractivity contribution in [2.75, 3.05) is 0 Å². The minimum absolute atomic E-state index is 0.0744. The normalized spacial score (nSPS) is 14.5. The third-order valence-corrected chi connectivity index (χ3v) is 12.5. The molecule has 0 bridgehead atoms. The second kappa shape index (κ2) is 13.3. The van der Waals surface area contributed by atoms with Gasteiger partial charge in [0.15, 0.2) is 0 Å². The summed E-state index contributed by atoms with van der Waals surface area (Å²) in [5.74, 6) is -0.0744. The molecule has 0 saturated heterocycles. The Hall–Kier alpha value is -7.16. The zero-order valence-electron chi connectivity index (χ0n) is 31.3. The van der Waals surface area contributed by atoms with Gasteiger partial charge in [-0.1, -0.05) is 176 Å². The summed E-state index contributed by atoms with van der Waals surface area (Å²) in [5.41, 5.74) is 17.0. The zero-order chi connectivity index (χ0) is 37.8. The Kier molecular flexibility index (Phi) is 7.72. The van der Waals surface area contributed by atoms with E-state index in [0.717, 1.165) is 22.5 Å². The molecule has 11 rings (SSSR count). The number of hydrogen-bond donors (Lipinski definition) is 0. The minimum Gasteiger partial charge on any atom is -0.256 e. The average Bonchev–Trinajstić information content (AvgIpc) is 3.30. The number of nitrogens with zero attached hydrogens (tertiary/aromatic N) is 2. The summed E-state index contributed by atoms with van der Waals surface area (Å²) in [6, 6.07) is 78.4.